The maximum Gasteiger partial charge on any atom is 0.248 e. The van der Waals surface area contributed by atoms with Crippen molar-refractivity contribution in [3.63, 3.8) is 0 Å². The second-order valence-electron chi connectivity index (χ2n) is 4.06. The molecule has 7 nitrogen and oxygen atoms in total. The van der Waals surface area contributed by atoms with Gasteiger partial charge in [0.25, 0.3) is 0 Å². The summed E-state index contributed by atoms with van der Waals surface area (Å²) < 4.78 is 30.9. The topological polar surface area (TPSA) is 98.7 Å². The number of nitrogens with zero attached hydrogens (tertiary/aromatic N) is 2. The van der Waals surface area contributed by atoms with Gasteiger partial charge in [0.15, 0.2) is 5.76 Å². The summed E-state index contributed by atoms with van der Waals surface area (Å²) in [6.45, 7) is 3.85. The third kappa shape index (κ3) is 2.08. The van der Waals surface area contributed by atoms with Crippen LogP contribution >= 0.6 is 0 Å². The lowest BCUT2D eigenvalue weighted by Gasteiger charge is -2.15. The molecule has 0 bridgehead atoms. The highest BCUT2D eigenvalue weighted by molar-refractivity contribution is 7.89. The van der Waals surface area contributed by atoms with E-state index < -0.39 is 10.0 Å². The first-order valence-electron chi connectivity index (χ1n) is 5.25. The van der Waals surface area contributed by atoms with Gasteiger partial charge in [-0.25, -0.2) is 14.3 Å². The third-order valence-corrected chi connectivity index (χ3v) is 4.98. The standard InChI is InChI=1S/C9H15N3O4S/c1-6-9(7(2)16-11-6)17(13,14)12-4-3-8(5-12)15-10/h8H,3-5,10H2,1-2H3. The molecule has 1 atom stereocenters. The normalized spacial score (nSPS) is 22.2. The predicted molar refractivity (Wildman–Crippen MR) is 58.4 cm³/mol. The molecule has 1 unspecified atom stereocenters. The van der Waals surface area contributed by atoms with Crippen LogP contribution in [0.15, 0.2) is 9.42 Å². The predicted octanol–water partition coefficient (Wildman–Crippen LogP) is -0.0553. The van der Waals surface area contributed by atoms with Crippen LogP contribution < -0.4 is 5.90 Å². The molecule has 0 spiro atoms. The lowest BCUT2D eigenvalue weighted by molar-refractivity contribution is 0.0642. The van der Waals surface area contributed by atoms with Gasteiger partial charge in [-0.05, 0) is 20.3 Å². The Labute approximate surface area is 99.5 Å². The first-order chi connectivity index (χ1) is 7.96. The molecule has 0 amide bonds. The van der Waals surface area contributed by atoms with Crippen molar-refractivity contribution in [1.29, 1.82) is 0 Å². The molecular weight excluding hydrogens is 246 g/mol. The first-order valence-corrected chi connectivity index (χ1v) is 6.69. The second kappa shape index (κ2) is 4.37. The minimum atomic E-state index is -3.56. The highest BCUT2D eigenvalue weighted by atomic mass is 32.2. The van der Waals surface area contributed by atoms with Crippen molar-refractivity contribution in [2.24, 2.45) is 5.90 Å². The zero-order chi connectivity index (χ0) is 12.6. The van der Waals surface area contributed by atoms with E-state index in [-0.39, 0.29) is 17.5 Å². The van der Waals surface area contributed by atoms with Gasteiger partial charge in [0.05, 0.1) is 6.10 Å². The van der Waals surface area contributed by atoms with Crippen molar-refractivity contribution >= 4 is 10.0 Å². The van der Waals surface area contributed by atoms with E-state index >= 15 is 0 Å². The molecule has 8 heteroatoms. The van der Waals surface area contributed by atoms with Gasteiger partial charge in [0.1, 0.15) is 10.6 Å². The second-order valence-corrected chi connectivity index (χ2v) is 5.94. The van der Waals surface area contributed by atoms with Crippen LogP contribution in [0.25, 0.3) is 0 Å². The van der Waals surface area contributed by atoms with E-state index in [2.05, 4.69) is 9.99 Å². The Hall–Kier alpha value is -0.960. The summed E-state index contributed by atoms with van der Waals surface area (Å²) in [6, 6.07) is 0. The molecule has 1 aromatic rings. The summed E-state index contributed by atoms with van der Waals surface area (Å²) in [4.78, 5) is 4.82. The summed E-state index contributed by atoms with van der Waals surface area (Å²) in [7, 11) is -3.56. The Morgan fingerprint density at radius 2 is 2.24 bits per heavy atom. The number of aryl methyl sites for hydroxylation is 2. The quantitative estimate of drug-likeness (QED) is 0.766. The molecule has 0 saturated carbocycles. The zero-order valence-corrected chi connectivity index (χ0v) is 10.5. The highest BCUT2D eigenvalue weighted by Gasteiger charge is 2.36. The monoisotopic (exact) mass is 261 g/mol. The molecule has 1 aliphatic heterocycles. The Balaban J connectivity index is 2.32. The molecule has 2 rings (SSSR count). The Morgan fingerprint density at radius 1 is 1.53 bits per heavy atom. The zero-order valence-electron chi connectivity index (χ0n) is 9.71. The average Bonchev–Trinajstić information content (AvgIpc) is 2.85. The van der Waals surface area contributed by atoms with Gasteiger partial charge < -0.3 is 4.52 Å². The molecule has 1 aromatic heterocycles. The molecule has 2 N–H and O–H groups in total. The maximum atomic E-state index is 12.3. The fraction of sp³-hybridized carbons (Fsp3) is 0.667. The number of aromatic nitrogens is 1. The Kier molecular flexibility index (Phi) is 3.21. The van der Waals surface area contributed by atoms with E-state index in [9.17, 15) is 8.42 Å². The minimum Gasteiger partial charge on any atom is -0.360 e. The smallest absolute Gasteiger partial charge is 0.248 e. The van der Waals surface area contributed by atoms with Crippen molar-refractivity contribution in [3.8, 4) is 0 Å². The van der Waals surface area contributed by atoms with Gasteiger partial charge in [0, 0.05) is 13.1 Å². The summed E-state index contributed by atoms with van der Waals surface area (Å²) in [6.07, 6.45) is 0.351. The molecule has 1 aliphatic rings. The number of hydrogen-bond acceptors (Lipinski definition) is 6. The van der Waals surface area contributed by atoms with E-state index in [4.69, 9.17) is 10.4 Å². The summed E-state index contributed by atoms with van der Waals surface area (Å²) in [5.41, 5.74) is 0.375. The largest absolute Gasteiger partial charge is 0.360 e. The molecular formula is C9H15N3O4S. The van der Waals surface area contributed by atoms with Gasteiger partial charge >= 0.3 is 0 Å². The van der Waals surface area contributed by atoms with Crippen LogP contribution in [0.1, 0.15) is 17.9 Å². The van der Waals surface area contributed by atoms with Crippen LogP contribution in [0.5, 0.6) is 0 Å². The first kappa shape index (κ1) is 12.5. The highest BCUT2D eigenvalue weighted by Crippen LogP contribution is 2.26. The molecule has 2 heterocycles. The van der Waals surface area contributed by atoms with Gasteiger partial charge in [0.2, 0.25) is 10.0 Å². The molecule has 0 radical (unpaired) electrons. The lowest BCUT2D eigenvalue weighted by Crippen LogP contribution is -2.31. The van der Waals surface area contributed by atoms with Crippen LogP contribution in [-0.2, 0) is 14.9 Å². The van der Waals surface area contributed by atoms with Crippen LogP contribution in [0, 0.1) is 13.8 Å². The van der Waals surface area contributed by atoms with Crippen molar-refractivity contribution < 1.29 is 17.8 Å². The van der Waals surface area contributed by atoms with Crippen molar-refractivity contribution in [1.82, 2.24) is 9.46 Å². The van der Waals surface area contributed by atoms with Gasteiger partial charge in [-0.3, -0.25) is 4.84 Å². The van der Waals surface area contributed by atoms with E-state index in [1.807, 2.05) is 0 Å². The molecule has 0 aliphatic carbocycles. The van der Waals surface area contributed by atoms with E-state index in [1.165, 1.54) is 4.31 Å². The molecule has 1 fully saturated rings. The maximum absolute atomic E-state index is 12.3. The van der Waals surface area contributed by atoms with E-state index in [1.54, 1.807) is 13.8 Å². The van der Waals surface area contributed by atoms with Crippen LogP contribution in [-0.4, -0.2) is 37.1 Å². The minimum absolute atomic E-state index is 0.148. The SMILES string of the molecule is Cc1noc(C)c1S(=O)(=O)N1CCC(ON)C1. The van der Waals surface area contributed by atoms with Crippen molar-refractivity contribution in [3.05, 3.63) is 11.5 Å². The molecule has 0 aromatic carbocycles. The summed E-state index contributed by atoms with van der Waals surface area (Å²) in [5, 5.41) is 3.66. The number of rotatable bonds is 3. The number of hydrogen-bond donors (Lipinski definition) is 1. The van der Waals surface area contributed by atoms with Crippen LogP contribution in [0.3, 0.4) is 0 Å². The summed E-state index contributed by atoms with van der Waals surface area (Å²) in [5.74, 6) is 5.37. The summed E-state index contributed by atoms with van der Waals surface area (Å²) >= 11 is 0. The number of nitrogens with two attached hydrogens (primary N) is 1. The Bertz CT molecular complexity index is 491. The Morgan fingerprint density at radius 3 is 2.71 bits per heavy atom. The van der Waals surface area contributed by atoms with Crippen molar-refractivity contribution in [2.45, 2.75) is 31.3 Å². The van der Waals surface area contributed by atoms with E-state index in [0.29, 0.717) is 24.4 Å². The van der Waals surface area contributed by atoms with Crippen LogP contribution in [0.2, 0.25) is 0 Å². The molecule has 17 heavy (non-hydrogen) atoms. The van der Waals surface area contributed by atoms with Gasteiger partial charge in [-0.2, -0.15) is 4.31 Å². The number of sulfonamides is 1. The third-order valence-electron chi connectivity index (χ3n) is 2.87. The van der Waals surface area contributed by atoms with Gasteiger partial charge in [-0.15, -0.1) is 0 Å². The van der Waals surface area contributed by atoms with Crippen LogP contribution in [0.4, 0.5) is 0 Å². The molecule has 1 saturated heterocycles. The van der Waals surface area contributed by atoms with E-state index in [0.717, 1.165) is 0 Å². The fourth-order valence-electron chi connectivity index (χ4n) is 2.00. The van der Waals surface area contributed by atoms with Gasteiger partial charge in [-0.1, -0.05) is 5.16 Å². The van der Waals surface area contributed by atoms with Crippen molar-refractivity contribution in [2.75, 3.05) is 13.1 Å². The fourth-order valence-corrected chi connectivity index (χ4v) is 3.78. The average molecular weight is 261 g/mol. The molecule has 96 valence electrons. The lowest BCUT2D eigenvalue weighted by atomic mass is 10.3.